The topological polar surface area (TPSA) is 121 Å². The SMILES string of the molecule is NC(=O)CCc1cc(-c2ccc(Cl)cc2)n(-c2ccc(S(N)(=O)=O)cc2)n1. The highest BCUT2D eigenvalue weighted by atomic mass is 35.5. The van der Waals surface area contributed by atoms with Gasteiger partial charge in [-0.2, -0.15) is 5.10 Å². The molecular formula is C18H17ClN4O3S. The van der Waals surface area contributed by atoms with Crippen LogP contribution in [0.5, 0.6) is 0 Å². The number of halogens is 1. The molecule has 140 valence electrons. The molecule has 9 heteroatoms. The van der Waals surface area contributed by atoms with Gasteiger partial charge < -0.3 is 5.73 Å². The zero-order chi connectivity index (χ0) is 19.6. The van der Waals surface area contributed by atoms with Gasteiger partial charge in [0.05, 0.1) is 22.0 Å². The number of carbonyl (C=O) groups excluding carboxylic acids is 1. The van der Waals surface area contributed by atoms with Crippen LogP contribution in [0.4, 0.5) is 0 Å². The average molecular weight is 405 g/mol. The molecule has 0 fully saturated rings. The lowest BCUT2D eigenvalue weighted by molar-refractivity contribution is -0.118. The number of hydrogen-bond acceptors (Lipinski definition) is 4. The zero-order valence-electron chi connectivity index (χ0n) is 14.2. The van der Waals surface area contributed by atoms with Crippen molar-refractivity contribution in [3.63, 3.8) is 0 Å². The summed E-state index contributed by atoms with van der Waals surface area (Å²) in [5.41, 5.74) is 8.21. The van der Waals surface area contributed by atoms with Crippen molar-refractivity contribution in [1.29, 1.82) is 0 Å². The molecule has 0 radical (unpaired) electrons. The molecule has 27 heavy (non-hydrogen) atoms. The molecule has 0 unspecified atom stereocenters. The summed E-state index contributed by atoms with van der Waals surface area (Å²) in [6.07, 6.45) is 0.583. The number of primary amides is 1. The Labute approximate surface area is 161 Å². The molecule has 0 saturated heterocycles. The summed E-state index contributed by atoms with van der Waals surface area (Å²) in [6.45, 7) is 0. The molecule has 1 amide bonds. The number of rotatable bonds is 6. The van der Waals surface area contributed by atoms with Gasteiger partial charge in [-0.15, -0.1) is 0 Å². The number of amides is 1. The molecule has 2 aromatic carbocycles. The summed E-state index contributed by atoms with van der Waals surface area (Å²) >= 11 is 5.96. The lowest BCUT2D eigenvalue weighted by atomic mass is 10.1. The van der Waals surface area contributed by atoms with Gasteiger partial charge in [0, 0.05) is 23.4 Å². The summed E-state index contributed by atoms with van der Waals surface area (Å²) < 4.78 is 24.6. The molecule has 3 rings (SSSR count). The highest BCUT2D eigenvalue weighted by Crippen LogP contribution is 2.26. The molecule has 0 aliphatic carbocycles. The number of carbonyl (C=O) groups is 1. The molecule has 0 aliphatic rings. The molecule has 4 N–H and O–H groups in total. The maximum atomic E-state index is 11.5. The molecule has 0 saturated carbocycles. The maximum Gasteiger partial charge on any atom is 0.238 e. The van der Waals surface area contributed by atoms with Gasteiger partial charge in [0.15, 0.2) is 0 Å². The van der Waals surface area contributed by atoms with Crippen LogP contribution in [0.2, 0.25) is 5.02 Å². The van der Waals surface area contributed by atoms with E-state index in [0.29, 0.717) is 22.8 Å². The highest BCUT2D eigenvalue weighted by molar-refractivity contribution is 7.89. The van der Waals surface area contributed by atoms with Gasteiger partial charge in [0.1, 0.15) is 0 Å². The predicted molar refractivity (Wildman–Crippen MR) is 103 cm³/mol. The first-order chi connectivity index (χ1) is 12.7. The van der Waals surface area contributed by atoms with E-state index in [1.54, 1.807) is 28.9 Å². The third-order valence-electron chi connectivity index (χ3n) is 3.94. The fraction of sp³-hybridized carbons (Fsp3) is 0.111. The largest absolute Gasteiger partial charge is 0.370 e. The van der Waals surface area contributed by atoms with Gasteiger partial charge in [-0.3, -0.25) is 4.79 Å². The Hall–Kier alpha value is -2.68. The molecule has 3 aromatic rings. The number of aromatic nitrogens is 2. The maximum absolute atomic E-state index is 11.5. The van der Waals surface area contributed by atoms with Crippen LogP contribution < -0.4 is 10.9 Å². The lowest BCUT2D eigenvalue weighted by Gasteiger charge is -2.08. The summed E-state index contributed by atoms with van der Waals surface area (Å²) in [5.74, 6) is -0.407. The second-order valence-electron chi connectivity index (χ2n) is 5.94. The standard InChI is InChI=1S/C18H17ClN4O3S/c19-13-3-1-12(2-4-13)17-11-14(5-10-18(20)24)22-23(17)15-6-8-16(9-7-15)27(21,25)26/h1-4,6-9,11H,5,10H2,(H2,20,24)(H2,21,25,26). The summed E-state index contributed by atoms with van der Waals surface area (Å²) in [5, 5.41) is 10.3. The number of aryl methyl sites for hydroxylation is 1. The Morgan fingerprint density at radius 2 is 1.70 bits per heavy atom. The number of sulfonamides is 1. The summed E-state index contributed by atoms with van der Waals surface area (Å²) in [4.78, 5) is 11.1. The van der Waals surface area contributed by atoms with E-state index in [4.69, 9.17) is 22.5 Å². The molecule has 7 nitrogen and oxygen atoms in total. The van der Waals surface area contributed by atoms with Crippen molar-refractivity contribution in [1.82, 2.24) is 9.78 Å². The quantitative estimate of drug-likeness (QED) is 0.654. The Morgan fingerprint density at radius 1 is 1.07 bits per heavy atom. The van der Waals surface area contributed by atoms with E-state index in [0.717, 1.165) is 11.3 Å². The molecule has 0 spiro atoms. The van der Waals surface area contributed by atoms with Crippen LogP contribution in [0, 0.1) is 0 Å². The van der Waals surface area contributed by atoms with Crippen LogP contribution in [-0.2, 0) is 21.2 Å². The fourth-order valence-corrected chi connectivity index (χ4v) is 3.25. The zero-order valence-corrected chi connectivity index (χ0v) is 15.7. The minimum Gasteiger partial charge on any atom is -0.370 e. The summed E-state index contributed by atoms with van der Waals surface area (Å²) in [7, 11) is -3.78. The molecule has 1 aromatic heterocycles. The first kappa shape index (κ1) is 19.1. The van der Waals surface area contributed by atoms with E-state index in [2.05, 4.69) is 5.10 Å². The lowest BCUT2D eigenvalue weighted by Crippen LogP contribution is -2.12. The van der Waals surface area contributed by atoms with Crippen LogP contribution in [-0.4, -0.2) is 24.1 Å². The molecular weight excluding hydrogens is 388 g/mol. The van der Waals surface area contributed by atoms with Gasteiger partial charge in [0.25, 0.3) is 0 Å². The van der Waals surface area contributed by atoms with E-state index in [9.17, 15) is 13.2 Å². The third-order valence-corrected chi connectivity index (χ3v) is 5.12. The van der Waals surface area contributed by atoms with Crippen molar-refractivity contribution in [2.45, 2.75) is 17.7 Å². The van der Waals surface area contributed by atoms with Crippen molar-refractivity contribution in [3.05, 3.63) is 65.3 Å². The molecule has 0 aliphatic heterocycles. The van der Waals surface area contributed by atoms with E-state index in [1.165, 1.54) is 12.1 Å². The van der Waals surface area contributed by atoms with Gasteiger partial charge in [-0.05, 0) is 42.5 Å². The smallest absolute Gasteiger partial charge is 0.238 e. The fourth-order valence-electron chi connectivity index (χ4n) is 2.60. The van der Waals surface area contributed by atoms with Crippen LogP contribution in [0.3, 0.4) is 0 Å². The monoisotopic (exact) mass is 404 g/mol. The molecule has 0 bridgehead atoms. The minimum absolute atomic E-state index is 0.0143. The van der Waals surface area contributed by atoms with Gasteiger partial charge in [-0.25, -0.2) is 18.2 Å². The van der Waals surface area contributed by atoms with Crippen molar-refractivity contribution >= 4 is 27.5 Å². The van der Waals surface area contributed by atoms with Crippen molar-refractivity contribution in [3.8, 4) is 16.9 Å². The van der Waals surface area contributed by atoms with E-state index >= 15 is 0 Å². The predicted octanol–water partition coefficient (Wildman–Crippen LogP) is 2.26. The van der Waals surface area contributed by atoms with Gasteiger partial charge in [-0.1, -0.05) is 23.7 Å². The molecule has 1 heterocycles. The first-order valence-corrected chi connectivity index (χ1v) is 9.93. The van der Waals surface area contributed by atoms with Crippen LogP contribution in [0.1, 0.15) is 12.1 Å². The summed E-state index contributed by atoms with van der Waals surface area (Å²) in [6, 6.07) is 15.2. The Kier molecular flexibility index (Phi) is 5.31. The van der Waals surface area contributed by atoms with Gasteiger partial charge in [0.2, 0.25) is 15.9 Å². The average Bonchev–Trinajstić information content (AvgIpc) is 3.04. The van der Waals surface area contributed by atoms with Crippen LogP contribution >= 0.6 is 11.6 Å². The number of nitrogens with zero attached hydrogens (tertiary/aromatic N) is 2. The van der Waals surface area contributed by atoms with Crippen molar-refractivity contribution in [2.24, 2.45) is 10.9 Å². The molecule has 0 atom stereocenters. The van der Waals surface area contributed by atoms with E-state index in [-0.39, 0.29) is 11.3 Å². The first-order valence-electron chi connectivity index (χ1n) is 8.00. The van der Waals surface area contributed by atoms with Crippen molar-refractivity contribution < 1.29 is 13.2 Å². The highest BCUT2D eigenvalue weighted by Gasteiger charge is 2.14. The van der Waals surface area contributed by atoms with Crippen LogP contribution in [0.25, 0.3) is 16.9 Å². The Morgan fingerprint density at radius 3 is 2.26 bits per heavy atom. The van der Waals surface area contributed by atoms with E-state index in [1.807, 2.05) is 18.2 Å². The second kappa shape index (κ2) is 7.51. The third kappa shape index (κ3) is 4.54. The minimum atomic E-state index is -3.78. The van der Waals surface area contributed by atoms with Crippen LogP contribution in [0.15, 0.2) is 59.5 Å². The second-order valence-corrected chi connectivity index (χ2v) is 7.94. The Bertz CT molecular complexity index is 1070. The van der Waals surface area contributed by atoms with Crippen molar-refractivity contribution in [2.75, 3.05) is 0 Å². The normalized spacial score (nSPS) is 11.5. The van der Waals surface area contributed by atoms with Gasteiger partial charge >= 0.3 is 0 Å². The number of hydrogen-bond donors (Lipinski definition) is 2. The van der Waals surface area contributed by atoms with E-state index < -0.39 is 15.9 Å². The number of nitrogens with two attached hydrogens (primary N) is 2. The number of benzene rings is 2. The Balaban J connectivity index is 2.06. The number of primary sulfonamides is 1.